The van der Waals surface area contributed by atoms with Crippen LogP contribution in [0.1, 0.15) is 30.9 Å². The van der Waals surface area contributed by atoms with Crippen LogP contribution in [-0.4, -0.2) is 12.5 Å². The number of benzene rings is 2. The number of ether oxygens (including phenoxy) is 1. The highest BCUT2D eigenvalue weighted by Crippen LogP contribution is 2.32. The monoisotopic (exact) mass is 364 g/mol. The number of rotatable bonds is 7. The van der Waals surface area contributed by atoms with Crippen LogP contribution in [0.2, 0.25) is 0 Å². The summed E-state index contributed by atoms with van der Waals surface area (Å²) in [7, 11) is 0. The Hall–Kier alpha value is -2.11. The van der Waals surface area contributed by atoms with E-state index in [0.717, 1.165) is 18.4 Å². The molecule has 3 rings (SSSR count). The van der Waals surface area contributed by atoms with Crippen LogP contribution in [-0.2, 0) is 4.79 Å². The molecule has 0 aromatic heterocycles. The Morgan fingerprint density at radius 1 is 1.24 bits per heavy atom. The van der Waals surface area contributed by atoms with Gasteiger partial charge in [-0.3, -0.25) is 4.79 Å². The van der Waals surface area contributed by atoms with E-state index in [-0.39, 0.29) is 36.6 Å². The van der Waals surface area contributed by atoms with Crippen LogP contribution in [0, 0.1) is 11.7 Å². The summed E-state index contributed by atoms with van der Waals surface area (Å²) in [6.07, 6.45) is 2.43. The summed E-state index contributed by atoms with van der Waals surface area (Å²) in [6, 6.07) is 13.2. The molecule has 1 aliphatic rings. The summed E-state index contributed by atoms with van der Waals surface area (Å²) in [4.78, 5) is 12.2. The second-order valence-corrected chi connectivity index (χ2v) is 6.16. The summed E-state index contributed by atoms with van der Waals surface area (Å²) in [5.74, 6) is 0.292. The molecule has 0 heterocycles. The first kappa shape index (κ1) is 19.2. The van der Waals surface area contributed by atoms with Crippen molar-refractivity contribution >= 4 is 24.0 Å². The Bertz CT molecular complexity index is 708. The van der Waals surface area contributed by atoms with Gasteiger partial charge in [-0.2, -0.15) is 0 Å². The fraction of sp³-hybridized carbons (Fsp3) is 0.316. The average Bonchev–Trinajstić information content (AvgIpc) is 3.40. The first-order valence-electron chi connectivity index (χ1n) is 8.14. The van der Waals surface area contributed by atoms with E-state index in [1.807, 2.05) is 30.3 Å². The zero-order valence-electron chi connectivity index (χ0n) is 13.8. The van der Waals surface area contributed by atoms with Gasteiger partial charge in [-0.05, 0) is 36.5 Å². The lowest BCUT2D eigenvalue weighted by Gasteiger charge is -2.15. The minimum Gasteiger partial charge on any atom is -0.491 e. The third kappa shape index (κ3) is 5.73. The number of carbonyl (C=O) groups excluding carboxylic acids is 1. The molecular weight excluding hydrogens is 343 g/mol. The zero-order valence-corrected chi connectivity index (χ0v) is 14.6. The SMILES string of the molecule is Cl.NC(CC(=O)Nc1ccc(F)cc1OCC1CC1)c1ccccc1. The molecule has 4 nitrogen and oxygen atoms in total. The van der Waals surface area contributed by atoms with E-state index in [4.69, 9.17) is 10.5 Å². The van der Waals surface area contributed by atoms with Crippen LogP contribution in [0.25, 0.3) is 0 Å². The number of amides is 1. The summed E-state index contributed by atoms with van der Waals surface area (Å²) < 4.78 is 19.1. The van der Waals surface area contributed by atoms with Crippen molar-refractivity contribution in [3.63, 3.8) is 0 Å². The summed E-state index contributed by atoms with van der Waals surface area (Å²) in [5.41, 5.74) is 7.44. The maximum atomic E-state index is 13.4. The molecule has 1 amide bonds. The van der Waals surface area contributed by atoms with Crippen LogP contribution < -0.4 is 15.8 Å². The van der Waals surface area contributed by atoms with Crippen molar-refractivity contribution in [3.05, 3.63) is 59.9 Å². The van der Waals surface area contributed by atoms with Gasteiger partial charge in [-0.1, -0.05) is 30.3 Å². The Morgan fingerprint density at radius 3 is 2.64 bits per heavy atom. The van der Waals surface area contributed by atoms with Gasteiger partial charge in [0.1, 0.15) is 11.6 Å². The van der Waals surface area contributed by atoms with Crippen LogP contribution in [0.4, 0.5) is 10.1 Å². The smallest absolute Gasteiger partial charge is 0.226 e. The number of hydrogen-bond acceptors (Lipinski definition) is 3. The fourth-order valence-electron chi connectivity index (χ4n) is 2.43. The van der Waals surface area contributed by atoms with E-state index in [0.29, 0.717) is 24.0 Å². The molecular formula is C19H22ClFN2O2. The maximum absolute atomic E-state index is 13.4. The molecule has 0 aliphatic heterocycles. The molecule has 0 saturated heterocycles. The lowest BCUT2D eigenvalue weighted by molar-refractivity contribution is -0.116. The van der Waals surface area contributed by atoms with Crippen LogP contribution in [0.5, 0.6) is 5.75 Å². The topological polar surface area (TPSA) is 64.4 Å². The molecule has 6 heteroatoms. The Morgan fingerprint density at radius 2 is 1.96 bits per heavy atom. The van der Waals surface area contributed by atoms with E-state index in [2.05, 4.69) is 5.32 Å². The molecule has 0 radical (unpaired) electrons. The lowest BCUT2D eigenvalue weighted by atomic mass is 10.0. The number of carbonyl (C=O) groups is 1. The molecule has 25 heavy (non-hydrogen) atoms. The quantitative estimate of drug-likeness (QED) is 0.778. The highest BCUT2D eigenvalue weighted by atomic mass is 35.5. The first-order valence-corrected chi connectivity index (χ1v) is 8.14. The molecule has 134 valence electrons. The highest BCUT2D eigenvalue weighted by molar-refractivity contribution is 5.92. The molecule has 1 fully saturated rings. The number of anilines is 1. The van der Waals surface area contributed by atoms with Gasteiger partial charge < -0.3 is 15.8 Å². The van der Waals surface area contributed by atoms with Gasteiger partial charge in [0, 0.05) is 18.5 Å². The van der Waals surface area contributed by atoms with Crippen molar-refractivity contribution in [1.29, 1.82) is 0 Å². The van der Waals surface area contributed by atoms with Crippen LogP contribution in [0.3, 0.4) is 0 Å². The van der Waals surface area contributed by atoms with Gasteiger partial charge in [0.2, 0.25) is 5.91 Å². The van der Waals surface area contributed by atoms with E-state index in [1.165, 1.54) is 18.2 Å². The van der Waals surface area contributed by atoms with E-state index >= 15 is 0 Å². The standard InChI is InChI=1S/C19H21FN2O2.ClH/c20-15-8-9-17(18(10-15)24-12-13-6-7-13)22-19(23)11-16(21)14-4-2-1-3-5-14;/h1-5,8-10,13,16H,6-7,11-12,21H2,(H,22,23);1H. The number of halogens is 2. The van der Waals surface area contributed by atoms with Crippen molar-refractivity contribution in [2.75, 3.05) is 11.9 Å². The van der Waals surface area contributed by atoms with Gasteiger partial charge in [0.05, 0.1) is 12.3 Å². The van der Waals surface area contributed by atoms with Gasteiger partial charge in [0.15, 0.2) is 0 Å². The Labute approximate surface area is 153 Å². The molecule has 1 atom stereocenters. The molecule has 1 aliphatic carbocycles. The van der Waals surface area contributed by atoms with Gasteiger partial charge in [-0.25, -0.2) is 4.39 Å². The first-order chi connectivity index (χ1) is 11.6. The maximum Gasteiger partial charge on any atom is 0.226 e. The molecule has 0 bridgehead atoms. The summed E-state index contributed by atoms with van der Waals surface area (Å²) in [6.45, 7) is 0.551. The fourth-order valence-corrected chi connectivity index (χ4v) is 2.43. The van der Waals surface area contributed by atoms with Gasteiger partial charge in [0.25, 0.3) is 0 Å². The van der Waals surface area contributed by atoms with Gasteiger partial charge >= 0.3 is 0 Å². The van der Waals surface area contributed by atoms with Crippen molar-refractivity contribution in [2.45, 2.75) is 25.3 Å². The predicted molar refractivity (Wildman–Crippen MR) is 98.5 cm³/mol. The summed E-state index contributed by atoms with van der Waals surface area (Å²) >= 11 is 0. The van der Waals surface area contributed by atoms with E-state index in [1.54, 1.807) is 0 Å². The number of nitrogens with two attached hydrogens (primary N) is 1. The molecule has 0 spiro atoms. The number of nitrogens with one attached hydrogen (secondary N) is 1. The van der Waals surface area contributed by atoms with Gasteiger partial charge in [-0.15, -0.1) is 12.4 Å². The molecule has 2 aromatic rings. The Balaban J connectivity index is 0.00000225. The number of hydrogen-bond donors (Lipinski definition) is 2. The van der Waals surface area contributed by atoms with Crippen LogP contribution >= 0.6 is 12.4 Å². The predicted octanol–water partition coefficient (Wildman–Crippen LogP) is 4.06. The van der Waals surface area contributed by atoms with Crippen molar-refractivity contribution in [1.82, 2.24) is 0 Å². The zero-order chi connectivity index (χ0) is 16.9. The minimum atomic E-state index is -0.389. The van der Waals surface area contributed by atoms with E-state index in [9.17, 15) is 9.18 Å². The molecule has 1 unspecified atom stereocenters. The minimum absolute atomic E-state index is 0. The second kappa shape index (κ2) is 8.83. The molecule has 1 saturated carbocycles. The molecule has 3 N–H and O–H groups in total. The second-order valence-electron chi connectivity index (χ2n) is 6.16. The van der Waals surface area contributed by atoms with Crippen molar-refractivity contribution < 1.29 is 13.9 Å². The third-order valence-electron chi connectivity index (χ3n) is 4.02. The molecule has 2 aromatic carbocycles. The Kier molecular flexibility index (Phi) is 6.79. The average molecular weight is 365 g/mol. The van der Waals surface area contributed by atoms with Crippen LogP contribution in [0.15, 0.2) is 48.5 Å². The third-order valence-corrected chi connectivity index (χ3v) is 4.02. The highest BCUT2D eigenvalue weighted by Gasteiger charge is 2.23. The van der Waals surface area contributed by atoms with Crippen molar-refractivity contribution in [2.24, 2.45) is 11.7 Å². The van der Waals surface area contributed by atoms with Crippen molar-refractivity contribution in [3.8, 4) is 5.75 Å². The van der Waals surface area contributed by atoms with E-state index < -0.39 is 0 Å². The largest absolute Gasteiger partial charge is 0.491 e. The normalized spacial score (nSPS) is 14.3. The lowest BCUT2D eigenvalue weighted by Crippen LogP contribution is -2.21. The summed E-state index contributed by atoms with van der Waals surface area (Å²) in [5, 5.41) is 2.77.